The number of fused-ring (bicyclic) bond motifs is 3. The van der Waals surface area contributed by atoms with Gasteiger partial charge < -0.3 is 19.1 Å². The Kier molecular flexibility index (Phi) is 8.71. The van der Waals surface area contributed by atoms with E-state index in [1.807, 2.05) is 26.8 Å². The first-order chi connectivity index (χ1) is 19.0. The van der Waals surface area contributed by atoms with Crippen LogP contribution in [0.4, 0.5) is 8.78 Å². The van der Waals surface area contributed by atoms with Crippen LogP contribution in [-0.2, 0) is 20.2 Å². The molecule has 0 saturated carbocycles. The fourth-order valence-corrected chi connectivity index (χ4v) is 6.02. The molecule has 9 heteroatoms. The van der Waals surface area contributed by atoms with Crippen molar-refractivity contribution in [1.82, 2.24) is 9.88 Å². The van der Waals surface area contributed by atoms with Gasteiger partial charge in [-0.25, -0.2) is 18.6 Å². The Bertz CT molecular complexity index is 1280. The topological polar surface area (TPSA) is 78.0 Å². The number of amides is 1. The minimum absolute atomic E-state index is 0.0279. The number of carbonyl (C=O) groups is 2. The van der Waals surface area contributed by atoms with Crippen LogP contribution in [0.25, 0.3) is 10.9 Å². The average molecular weight is 559 g/mol. The molecule has 1 aromatic carbocycles. The summed E-state index contributed by atoms with van der Waals surface area (Å²) in [6, 6.07) is 3.91. The largest absolute Gasteiger partial charge is 0.497 e. The third-order valence-corrected chi connectivity index (χ3v) is 8.07. The summed E-state index contributed by atoms with van der Waals surface area (Å²) < 4.78 is 49.4. The van der Waals surface area contributed by atoms with E-state index in [1.165, 1.54) is 19.1 Å². The number of allylic oxidation sites excluding steroid dienone is 1. The maximum absolute atomic E-state index is 16.3. The van der Waals surface area contributed by atoms with Crippen molar-refractivity contribution in [2.45, 2.75) is 89.2 Å². The average Bonchev–Trinajstić information content (AvgIpc) is 3.28. The maximum atomic E-state index is 16.3. The SMILES string of the molecule is C=CCCCCC[C@H](C)C(=O)N1C[C@@]2(C[C@H]1C(=O)OC)CC(F)(F)c1c(c(C(C)C)nc3ccc(OC)cc13)O2. The van der Waals surface area contributed by atoms with E-state index in [4.69, 9.17) is 19.2 Å². The third-order valence-electron chi connectivity index (χ3n) is 8.07. The molecule has 0 unspecified atom stereocenters. The summed E-state index contributed by atoms with van der Waals surface area (Å²) in [6.07, 6.45) is 5.49. The lowest BCUT2D eigenvalue weighted by molar-refractivity contribution is -0.152. The van der Waals surface area contributed by atoms with Crippen LogP contribution >= 0.6 is 0 Å². The number of nitrogens with zero attached hydrogens (tertiary/aromatic N) is 2. The highest BCUT2D eigenvalue weighted by molar-refractivity contribution is 5.88. The summed E-state index contributed by atoms with van der Waals surface area (Å²) in [5.74, 6) is -4.30. The van der Waals surface area contributed by atoms with Gasteiger partial charge in [0.25, 0.3) is 5.92 Å². The molecule has 0 aliphatic carbocycles. The first-order valence-electron chi connectivity index (χ1n) is 14.0. The predicted octanol–water partition coefficient (Wildman–Crippen LogP) is 6.53. The Balaban J connectivity index is 1.71. The summed E-state index contributed by atoms with van der Waals surface area (Å²) >= 11 is 0. The number of alkyl halides is 2. The van der Waals surface area contributed by atoms with Crippen molar-refractivity contribution in [2.24, 2.45) is 5.92 Å². The van der Waals surface area contributed by atoms with E-state index >= 15 is 8.78 Å². The molecule has 7 nitrogen and oxygen atoms in total. The molecule has 1 aromatic heterocycles. The molecular weight excluding hydrogens is 518 g/mol. The summed E-state index contributed by atoms with van der Waals surface area (Å²) in [5.41, 5.74) is -0.844. The molecule has 40 heavy (non-hydrogen) atoms. The molecule has 2 aromatic rings. The summed E-state index contributed by atoms with van der Waals surface area (Å²) in [6.45, 7) is 9.17. The number of likely N-dealkylation sites (tertiary alicyclic amines) is 1. The molecule has 1 saturated heterocycles. The molecule has 1 amide bonds. The molecule has 3 heterocycles. The van der Waals surface area contributed by atoms with Gasteiger partial charge in [0.2, 0.25) is 5.91 Å². The van der Waals surface area contributed by atoms with Gasteiger partial charge in [0.05, 0.1) is 44.0 Å². The Labute approximate surface area is 234 Å². The molecule has 0 radical (unpaired) electrons. The second kappa shape index (κ2) is 11.7. The van der Waals surface area contributed by atoms with Gasteiger partial charge in [0.15, 0.2) is 5.75 Å². The van der Waals surface area contributed by atoms with E-state index in [0.29, 0.717) is 23.4 Å². The van der Waals surface area contributed by atoms with Crippen LogP contribution in [0, 0.1) is 5.92 Å². The number of aromatic nitrogens is 1. The zero-order valence-electron chi connectivity index (χ0n) is 24.1. The van der Waals surface area contributed by atoms with E-state index in [-0.39, 0.29) is 47.4 Å². The van der Waals surface area contributed by atoms with E-state index in [0.717, 1.165) is 25.7 Å². The third kappa shape index (κ3) is 5.65. The van der Waals surface area contributed by atoms with Gasteiger partial charge in [0.1, 0.15) is 17.4 Å². The zero-order chi connectivity index (χ0) is 29.2. The molecule has 0 bridgehead atoms. The Morgan fingerprint density at radius 3 is 2.62 bits per heavy atom. The molecule has 1 fully saturated rings. The molecule has 1 spiro atoms. The number of hydrogen-bond acceptors (Lipinski definition) is 6. The number of rotatable bonds is 10. The summed E-state index contributed by atoms with van der Waals surface area (Å²) in [4.78, 5) is 32.5. The van der Waals surface area contributed by atoms with Crippen LogP contribution in [0.5, 0.6) is 11.5 Å². The van der Waals surface area contributed by atoms with E-state index in [2.05, 4.69) is 6.58 Å². The highest BCUT2D eigenvalue weighted by atomic mass is 19.3. The van der Waals surface area contributed by atoms with Crippen LogP contribution < -0.4 is 9.47 Å². The molecule has 2 aliphatic rings. The maximum Gasteiger partial charge on any atom is 0.328 e. The first kappa shape index (κ1) is 29.7. The van der Waals surface area contributed by atoms with E-state index < -0.39 is 30.0 Å². The number of halogens is 2. The molecule has 218 valence electrons. The van der Waals surface area contributed by atoms with Gasteiger partial charge in [-0.15, -0.1) is 6.58 Å². The van der Waals surface area contributed by atoms with Crippen LogP contribution in [0.15, 0.2) is 30.9 Å². The number of methoxy groups -OCH3 is 2. The van der Waals surface area contributed by atoms with Gasteiger partial charge in [-0.05, 0) is 43.4 Å². The predicted molar refractivity (Wildman–Crippen MR) is 149 cm³/mol. The van der Waals surface area contributed by atoms with Crippen LogP contribution in [0.2, 0.25) is 0 Å². The fraction of sp³-hybridized carbons (Fsp3) is 0.581. The second-order valence-corrected chi connectivity index (χ2v) is 11.4. The smallest absolute Gasteiger partial charge is 0.328 e. The first-order valence-corrected chi connectivity index (χ1v) is 14.0. The Hall–Kier alpha value is -3.23. The molecule has 4 rings (SSSR count). The molecular formula is C31H40F2N2O5. The quantitative estimate of drug-likeness (QED) is 0.188. The minimum Gasteiger partial charge on any atom is -0.497 e. The Morgan fingerprint density at radius 2 is 1.98 bits per heavy atom. The fourth-order valence-electron chi connectivity index (χ4n) is 6.02. The van der Waals surface area contributed by atoms with Gasteiger partial charge >= 0.3 is 5.97 Å². The van der Waals surface area contributed by atoms with Crippen molar-refractivity contribution in [2.75, 3.05) is 20.8 Å². The van der Waals surface area contributed by atoms with Crippen molar-refractivity contribution in [3.05, 3.63) is 42.1 Å². The van der Waals surface area contributed by atoms with Crippen LogP contribution in [0.1, 0.15) is 82.9 Å². The highest BCUT2D eigenvalue weighted by Gasteiger charge is 2.60. The number of carbonyl (C=O) groups excluding carboxylic acids is 2. The lowest BCUT2D eigenvalue weighted by Gasteiger charge is -2.41. The lowest BCUT2D eigenvalue weighted by Crippen LogP contribution is -2.49. The second-order valence-electron chi connectivity index (χ2n) is 11.4. The van der Waals surface area contributed by atoms with Crippen LogP contribution in [-0.4, -0.2) is 54.2 Å². The monoisotopic (exact) mass is 558 g/mol. The van der Waals surface area contributed by atoms with Crippen molar-refractivity contribution in [3.63, 3.8) is 0 Å². The van der Waals surface area contributed by atoms with E-state index in [9.17, 15) is 9.59 Å². The van der Waals surface area contributed by atoms with E-state index in [1.54, 1.807) is 18.2 Å². The summed E-state index contributed by atoms with van der Waals surface area (Å²) in [7, 11) is 2.72. The highest BCUT2D eigenvalue weighted by Crippen LogP contribution is 2.55. The summed E-state index contributed by atoms with van der Waals surface area (Å²) in [5, 5.41) is 0.263. The van der Waals surface area contributed by atoms with Gasteiger partial charge in [-0.2, -0.15) is 0 Å². The van der Waals surface area contributed by atoms with Crippen molar-refractivity contribution >= 4 is 22.8 Å². The molecule has 0 N–H and O–H groups in total. The minimum atomic E-state index is -3.30. The van der Waals surface area contributed by atoms with Crippen molar-refractivity contribution < 1.29 is 32.6 Å². The molecule has 2 aliphatic heterocycles. The van der Waals surface area contributed by atoms with Crippen molar-refractivity contribution in [1.29, 1.82) is 0 Å². The number of unbranched alkanes of at least 4 members (excludes halogenated alkanes) is 3. The Morgan fingerprint density at radius 1 is 1.23 bits per heavy atom. The number of pyridine rings is 1. The van der Waals surface area contributed by atoms with Gasteiger partial charge in [0, 0.05) is 17.7 Å². The normalized spacial score (nSPS) is 22.2. The van der Waals surface area contributed by atoms with Crippen molar-refractivity contribution in [3.8, 4) is 11.5 Å². The zero-order valence-corrected chi connectivity index (χ0v) is 24.1. The standard InChI is InChI=1S/C31H40F2N2O5/c1-7-8-9-10-11-12-20(4)28(36)35-18-30(16-24(35)29(37)39-6)17-31(32,33)25-22-15-21(38-5)13-14-23(22)34-26(19(2)3)27(25)40-30/h7,13-15,19-20,24H,1,8-12,16-18H2,2-6H3/t20-,24-,30+/m0/s1. The van der Waals surface area contributed by atoms with Gasteiger partial charge in [-0.3, -0.25) is 4.79 Å². The number of esters is 1. The number of ether oxygens (including phenoxy) is 3. The number of hydrogen-bond donors (Lipinski definition) is 0. The molecule has 3 atom stereocenters. The van der Waals surface area contributed by atoms with Crippen LogP contribution in [0.3, 0.4) is 0 Å². The van der Waals surface area contributed by atoms with Gasteiger partial charge in [-0.1, -0.05) is 39.7 Å². The lowest BCUT2D eigenvalue weighted by atomic mass is 9.83. The number of benzene rings is 1.